The van der Waals surface area contributed by atoms with E-state index in [-0.39, 0.29) is 5.82 Å². The molecule has 21 heavy (non-hydrogen) atoms. The third kappa shape index (κ3) is 2.92. The van der Waals surface area contributed by atoms with Crippen LogP contribution in [-0.4, -0.2) is 15.0 Å². The van der Waals surface area contributed by atoms with Crippen molar-refractivity contribution in [2.24, 2.45) is 0 Å². The van der Waals surface area contributed by atoms with Gasteiger partial charge >= 0.3 is 0 Å². The Hall–Kier alpha value is -2.28. The zero-order valence-electron chi connectivity index (χ0n) is 10.8. The van der Waals surface area contributed by atoms with Gasteiger partial charge in [0.2, 0.25) is 0 Å². The molecule has 0 saturated carbocycles. The minimum atomic E-state index is -0.349. The van der Waals surface area contributed by atoms with Gasteiger partial charge in [0, 0.05) is 18.1 Å². The number of nitrogens with zero attached hydrogens (tertiary/aromatic N) is 3. The van der Waals surface area contributed by atoms with E-state index in [4.69, 9.17) is 5.73 Å². The standard InChI is InChI=1S/C14H11BrFN5/c15-11-7-19-13(17)14(21-11)20-6-8-4-9-2-1-3-18-12(9)10(16)5-8/h1-5,7H,6H2,(H2,17,19)(H,20,21). The van der Waals surface area contributed by atoms with E-state index in [1.54, 1.807) is 12.3 Å². The molecule has 2 heterocycles. The van der Waals surface area contributed by atoms with Gasteiger partial charge in [-0.3, -0.25) is 4.98 Å². The zero-order valence-corrected chi connectivity index (χ0v) is 12.4. The Kier molecular flexibility index (Phi) is 3.66. The van der Waals surface area contributed by atoms with Crippen LogP contribution >= 0.6 is 15.9 Å². The maximum atomic E-state index is 14.0. The van der Waals surface area contributed by atoms with E-state index in [1.165, 1.54) is 12.3 Å². The van der Waals surface area contributed by atoms with Crippen LogP contribution in [0.2, 0.25) is 0 Å². The van der Waals surface area contributed by atoms with Crippen molar-refractivity contribution in [3.05, 3.63) is 52.6 Å². The van der Waals surface area contributed by atoms with Crippen molar-refractivity contribution in [1.82, 2.24) is 15.0 Å². The highest BCUT2D eigenvalue weighted by Gasteiger charge is 2.07. The van der Waals surface area contributed by atoms with Gasteiger partial charge in [0.05, 0.1) is 6.20 Å². The van der Waals surface area contributed by atoms with E-state index in [0.717, 1.165) is 10.9 Å². The molecule has 106 valence electrons. The molecule has 0 aliphatic heterocycles. The van der Waals surface area contributed by atoms with Crippen LogP contribution < -0.4 is 11.1 Å². The molecule has 0 radical (unpaired) electrons. The van der Waals surface area contributed by atoms with Crippen molar-refractivity contribution in [2.45, 2.75) is 6.54 Å². The molecule has 1 aromatic carbocycles. The summed E-state index contributed by atoms with van der Waals surface area (Å²) in [6.07, 6.45) is 3.09. The van der Waals surface area contributed by atoms with E-state index in [2.05, 4.69) is 36.2 Å². The zero-order chi connectivity index (χ0) is 14.8. The number of hydrogen-bond acceptors (Lipinski definition) is 5. The molecule has 3 aromatic rings. The third-order valence-electron chi connectivity index (χ3n) is 2.95. The van der Waals surface area contributed by atoms with Crippen molar-refractivity contribution in [2.75, 3.05) is 11.1 Å². The number of aromatic nitrogens is 3. The lowest BCUT2D eigenvalue weighted by Gasteiger charge is -2.09. The Bertz CT molecular complexity index is 808. The van der Waals surface area contributed by atoms with Crippen molar-refractivity contribution >= 4 is 38.5 Å². The number of benzene rings is 1. The molecule has 0 aliphatic rings. The van der Waals surface area contributed by atoms with E-state index in [9.17, 15) is 4.39 Å². The monoisotopic (exact) mass is 347 g/mol. The number of pyridine rings is 1. The first-order valence-electron chi connectivity index (χ1n) is 6.18. The first-order valence-corrected chi connectivity index (χ1v) is 6.98. The minimum Gasteiger partial charge on any atom is -0.381 e. The number of rotatable bonds is 3. The average molecular weight is 348 g/mol. The molecule has 3 N–H and O–H groups in total. The predicted octanol–water partition coefficient (Wildman–Crippen LogP) is 3.12. The summed E-state index contributed by atoms with van der Waals surface area (Å²) in [7, 11) is 0. The van der Waals surface area contributed by atoms with Gasteiger partial charge in [-0.05, 0) is 39.7 Å². The number of nitrogen functional groups attached to an aromatic ring is 1. The van der Waals surface area contributed by atoms with Gasteiger partial charge in [0.1, 0.15) is 15.9 Å². The molecule has 0 spiro atoms. The Labute approximate surface area is 128 Å². The molecule has 0 saturated heterocycles. The summed E-state index contributed by atoms with van der Waals surface area (Å²) >= 11 is 3.23. The fourth-order valence-corrected chi connectivity index (χ4v) is 2.28. The maximum Gasteiger partial charge on any atom is 0.170 e. The molecular formula is C14H11BrFN5. The van der Waals surface area contributed by atoms with Crippen LogP contribution in [0.1, 0.15) is 5.56 Å². The van der Waals surface area contributed by atoms with Crippen molar-refractivity contribution in [3.63, 3.8) is 0 Å². The lowest BCUT2D eigenvalue weighted by molar-refractivity contribution is 0.635. The molecule has 0 fully saturated rings. The number of anilines is 2. The van der Waals surface area contributed by atoms with Crippen molar-refractivity contribution in [3.8, 4) is 0 Å². The van der Waals surface area contributed by atoms with Gasteiger partial charge < -0.3 is 11.1 Å². The van der Waals surface area contributed by atoms with Gasteiger partial charge in [-0.25, -0.2) is 14.4 Å². The average Bonchev–Trinajstić information content (AvgIpc) is 2.48. The lowest BCUT2D eigenvalue weighted by atomic mass is 10.1. The van der Waals surface area contributed by atoms with E-state index >= 15 is 0 Å². The van der Waals surface area contributed by atoms with Crippen LogP contribution in [0.15, 0.2) is 41.3 Å². The van der Waals surface area contributed by atoms with Crippen molar-refractivity contribution in [1.29, 1.82) is 0 Å². The van der Waals surface area contributed by atoms with Crippen LogP contribution in [0.25, 0.3) is 10.9 Å². The topological polar surface area (TPSA) is 76.7 Å². The van der Waals surface area contributed by atoms with Crippen LogP contribution in [0.5, 0.6) is 0 Å². The number of fused-ring (bicyclic) bond motifs is 1. The molecule has 5 nitrogen and oxygen atoms in total. The first-order chi connectivity index (χ1) is 10.1. The normalized spacial score (nSPS) is 10.8. The quantitative estimate of drug-likeness (QED) is 0.761. The number of nitrogens with two attached hydrogens (primary N) is 1. The summed E-state index contributed by atoms with van der Waals surface area (Å²) in [5.41, 5.74) is 6.87. The molecule has 7 heteroatoms. The Balaban J connectivity index is 1.87. The van der Waals surface area contributed by atoms with Gasteiger partial charge in [0.25, 0.3) is 0 Å². The summed E-state index contributed by atoms with van der Waals surface area (Å²) in [5, 5.41) is 3.80. The van der Waals surface area contributed by atoms with Crippen LogP contribution in [0.4, 0.5) is 16.0 Å². The Morgan fingerprint density at radius 1 is 1.29 bits per heavy atom. The Morgan fingerprint density at radius 3 is 3.00 bits per heavy atom. The smallest absolute Gasteiger partial charge is 0.170 e. The van der Waals surface area contributed by atoms with Gasteiger partial charge in [-0.2, -0.15) is 0 Å². The molecule has 0 aliphatic carbocycles. The SMILES string of the molecule is Nc1ncc(Br)nc1NCc1cc(F)c2ncccc2c1. The highest BCUT2D eigenvalue weighted by atomic mass is 79.9. The number of halogens is 2. The van der Waals surface area contributed by atoms with Crippen LogP contribution in [-0.2, 0) is 6.54 Å². The van der Waals surface area contributed by atoms with Crippen LogP contribution in [0, 0.1) is 5.82 Å². The number of nitrogens with one attached hydrogen (secondary N) is 1. The number of hydrogen-bond donors (Lipinski definition) is 2. The van der Waals surface area contributed by atoms with E-state index in [1.807, 2.05) is 12.1 Å². The summed E-state index contributed by atoms with van der Waals surface area (Å²) in [6, 6.07) is 6.92. The largest absolute Gasteiger partial charge is 0.381 e. The second kappa shape index (κ2) is 5.61. The van der Waals surface area contributed by atoms with Crippen LogP contribution in [0.3, 0.4) is 0 Å². The van der Waals surface area contributed by atoms with Gasteiger partial charge in [-0.1, -0.05) is 6.07 Å². The predicted molar refractivity (Wildman–Crippen MR) is 83.2 cm³/mol. The summed E-state index contributed by atoms with van der Waals surface area (Å²) in [5.74, 6) is 0.399. The minimum absolute atomic E-state index is 0.293. The maximum absolute atomic E-state index is 14.0. The fourth-order valence-electron chi connectivity index (χ4n) is 2.00. The summed E-state index contributed by atoms with van der Waals surface area (Å²) in [6.45, 7) is 0.386. The third-order valence-corrected chi connectivity index (χ3v) is 3.33. The summed E-state index contributed by atoms with van der Waals surface area (Å²) < 4.78 is 14.5. The van der Waals surface area contributed by atoms with E-state index in [0.29, 0.717) is 28.3 Å². The lowest BCUT2D eigenvalue weighted by Crippen LogP contribution is -2.06. The molecule has 0 bridgehead atoms. The molecular weight excluding hydrogens is 337 g/mol. The van der Waals surface area contributed by atoms with E-state index < -0.39 is 0 Å². The van der Waals surface area contributed by atoms with Gasteiger partial charge in [-0.15, -0.1) is 0 Å². The molecule has 3 rings (SSSR count). The van der Waals surface area contributed by atoms with Gasteiger partial charge in [0.15, 0.2) is 11.6 Å². The summed E-state index contributed by atoms with van der Waals surface area (Å²) in [4.78, 5) is 12.2. The molecule has 0 amide bonds. The molecule has 2 aromatic heterocycles. The second-order valence-corrected chi connectivity index (χ2v) is 5.25. The van der Waals surface area contributed by atoms with Crippen molar-refractivity contribution < 1.29 is 4.39 Å². The fraction of sp³-hybridized carbons (Fsp3) is 0.0714. The Morgan fingerprint density at radius 2 is 2.14 bits per heavy atom. The highest BCUT2D eigenvalue weighted by molar-refractivity contribution is 9.10. The molecule has 0 atom stereocenters. The second-order valence-electron chi connectivity index (χ2n) is 4.43. The first kappa shape index (κ1) is 13.7. The molecule has 0 unspecified atom stereocenters. The highest BCUT2D eigenvalue weighted by Crippen LogP contribution is 2.20.